The molecule has 0 aliphatic heterocycles. The van der Waals surface area contributed by atoms with Crippen LogP contribution in [0.3, 0.4) is 0 Å². The van der Waals surface area contributed by atoms with Crippen molar-refractivity contribution >= 4 is 39.8 Å². The number of carbonyl (C=O) groups is 1. The Hall–Kier alpha value is -1.60. The van der Waals surface area contributed by atoms with Crippen LogP contribution < -0.4 is 10.6 Å². The average molecular weight is 391 g/mol. The van der Waals surface area contributed by atoms with E-state index in [0.717, 1.165) is 33.6 Å². The van der Waals surface area contributed by atoms with Crippen molar-refractivity contribution in [3.63, 3.8) is 0 Å². The number of benzene rings is 1. The molecule has 1 aromatic heterocycles. The predicted octanol–water partition coefficient (Wildman–Crippen LogP) is 4.91. The van der Waals surface area contributed by atoms with E-state index in [0.29, 0.717) is 11.8 Å². The molecule has 1 aromatic carbocycles. The maximum atomic E-state index is 12.2. The number of rotatable bonds is 6. The third-order valence-corrected chi connectivity index (χ3v) is 6.56. The highest BCUT2D eigenvalue weighted by Crippen LogP contribution is 2.28. The molecule has 1 amide bonds. The van der Waals surface area contributed by atoms with Crippen LogP contribution in [0.25, 0.3) is 0 Å². The lowest BCUT2D eigenvalue weighted by Crippen LogP contribution is -2.36. The highest BCUT2D eigenvalue weighted by molar-refractivity contribution is 8.01. The predicted molar refractivity (Wildman–Crippen MR) is 109 cm³/mol. The first-order valence-electron chi connectivity index (χ1n) is 9.29. The summed E-state index contributed by atoms with van der Waals surface area (Å²) in [7, 11) is 0. The van der Waals surface area contributed by atoms with E-state index in [1.165, 1.54) is 55.2 Å². The van der Waals surface area contributed by atoms with Crippen molar-refractivity contribution in [2.75, 3.05) is 11.1 Å². The summed E-state index contributed by atoms with van der Waals surface area (Å²) < 4.78 is 0.814. The van der Waals surface area contributed by atoms with E-state index in [2.05, 4.69) is 33.8 Å². The summed E-state index contributed by atoms with van der Waals surface area (Å²) in [6.45, 7) is 2.05. The van der Waals surface area contributed by atoms with Gasteiger partial charge in [-0.1, -0.05) is 73.4 Å². The summed E-state index contributed by atoms with van der Waals surface area (Å²) in [5.41, 5.74) is 2.19. The lowest BCUT2D eigenvalue weighted by Gasteiger charge is -2.20. The van der Waals surface area contributed by atoms with E-state index < -0.39 is 0 Å². The number of aromatic nitrogens is 2. The van der Waals surface area contributed by atoms with Gasteiger partial charge in [0, 0.05) is 11.7 Å². The molecule has 1 aliphatic carbocycles. The molecule has 140 valence electrons. The summed E-state index contributed by atoms with van der Waals surface area (Å²) in [6, 6.07) is 8.42. The van der Waals surface area contributed by atoms with Gasteiger partial charge in [-0.25, -0.2) is 0 Å². The molecule has 0 spiro atoms. The molecule has 2 aromatic rings. The lowest BCUT2D eigenvalue weighted by molar-refractivity contribution is -0.119. The third-order valence-electron chi connectivity index (χ3n) is 4.59. The highest BCUT2D eigenvalue weighted by atomic mass is 32.2. The minimum atomic E-state index is 0.101. The van der Waals surface area contributed by atoms with Gasteiger partial charge in [0.1, 0.15) is 0 Å². The van der Waals surface area contributed by atoms with Crippen LogP contribution in [0.4, 0.5) is 10.8 Å². The second-order valence-corrected chi connectivity index (χ2v) is 8.91. The van der Waals surface area contributed by atoms with E-state index in [1.54, 1.807) is 0 Å². The summed E-state index contributed by atoms with van der Waals surface area (Å²) in [6.07, 6.45) is 8.60. The van der Waals surface area contributed by atoms with E-state index in [-0.39, 0.29) is 5.91 Å². The smallest absolute Gasteiger partial charge is 0.230 e. The standard InChI is InChI=1S/C19H26N4OS2/c1-14-9-7-8-12-16(14)21-18-22-23-19(26-18)25-13-17(24)20-15-10-5-3-2-4-6-11-15/h7-9,12,15H,2-6,10-11,13H2,1H3,(H,20,24)(H,21,22). The summed E-state index contributed by atoms with van der Waals surface area (Å²) >= 11 is 2.94. The first-order chi connectivity index (χ1) is 12.7. The van der Waals surface area contributed by atoms with Gasteiger partial charge >= 0.3 is 0 Å². The molecule has 1 aliphatic rings. The van der Waals surface area contributed by atoms with Gasteiger partial charge in [-0.05, 0) is 31.4 Å². The van der Waals surface area contributed by atoms with Crippen LogP contribution in [0.2, 0.25) is 0 Å². The first kappa shape index (κ1) is 19.2. The van der Waals surface area contributed by atoms with Crippen LogP contribution in [0.5, 0.6) is 0 Å². The second-order valence-electron chi connectivity index (χ2n) is 6.71. The van der Waals surface area contributed by atoms with Crippen LogP contribution in [-0.4, -0.2) is 27.9 Å². The zero-order chi connectivity index (χ0) is 18.2. The molecule has 0 atom stereocenters. The summed E-state index contributed by atoms with van der Waals surface area (Å²) in [5.74, 6) is 0.499. The van der Waals surface area contributed by atoms with Crippen molar-refractivity contribution in [1.29, 1.82) is 0 Å². The van der Waals surface area contributed by atoms with Crippen LogP contribution in [0, 0.1) is 6.92 Å². The summed E-state index contributed by atoms with van der Waals surface area (Å²) in [4.78, 5) is 12.2. The Balaban J connectivity index is 1.45. The Labute approximate surface area is 163 Å². The first-order valence-corrected chi connectivity index (χ1v) is 11.1. The normalized spacial score (nSPS) is 15.9. The van der Waals surface area contributed by atoms with Crippen LogP contribution in [0.15, 0.2) is 28.6 Å². The Kier molecular flexibility index (Phi) is 7.32. The fourth-order valence-electron chi connectivity index (χ4n) is 3.14. The highest BCUT2D eigenvalue weighted by Gasteiger charge is 2.15. The average Bonchev–Trinajstić information content (AvgIpc) is 3.05. The van der Waals surface area contributed by atoms with E-state index in [4.69, 9.17) is 0 Å². The number of amides is 1. The Bertz CT molecular complexity index is 711. The zero-order valence-electron chi connectivity index (χ0n) is 15.2. The summed E-state index contributed by atoms with van der Waals surface area (Å²) in [5, 5.41) is 15.6. The number of nitrogens with zero attached hydrogens (tertiary/aromatic N) is 2. The van der Waals surface area contributed by atoms with Gasteiger partial charge in [0.15, 0.2) is 4.34 Å². The Morgan fingerprint density at radius 3 is 2.65 bits per heavy atom. The fraction of sp³-hybridized carbons (Fsp3) is 0.526. The maximum absolute atomic E-state index is 12.2. The molecule has 26 heavy (non-hydrogen) atoms. The number of hydrogen-bond donors (Lipinski definition) is 2. The molecule has 2 N–H and O–H groups in total. The number of aryl methyl sites for hydroxylation is 1. The SMILES string of the molecule is Cc1ccccc1Nc1nnc(SCC(=O)NC2CCCCCCC2)s1. The molecule has 0 saturated heterocycles. The van der Waals surface area contributed by atoms with Gasteiger partial charge in [-0.15, -0.1) is 10.2 Å². The van der Waals surface area contributed by atoms with Gasteiger partial charge in [-0.2, -0.15) is 0 Å². The number of nitrogens with one attached hydrogen (secondary N) is 2. The lowest BCUT2D eigenvalue weighted by atomic mass is 9.97. The Morgan fingerprint density at radius 2 is 1.88 bits per heavy atom. The van der Waals surface area contributed by atoms with E-state index >= 15 is 0 Å². The fourth-order valence-corrected chi connectivity index (χ4v) is 4.72. The molecule has 5 nitrogen and oxygen atoms in total. The van der Waals surface area contributed by atoms with Crippen LogP contribution in [0.1, 0.15) is 50.5 Å². The zero-order valence-corrected chi connectivity index (χ0v) is 16.8. The van der Waals surface area contributed by atoms with Gasteiger partial charge in [0.05, 0.1) is 5.75 Å². The quantitative estimate of drug-likeness (QED) is 0.686. The molecule has 1 saturated carbocycles. The topological polar surface area (TPSA) is 66.9 Å². The molecule has 0 bridgehead atoms. The van der Waals surface area contributed by atoms with Crippen molar-refractivity contribution in [3.8, 4) is 0 Å². The van der Waals surface area contributed by atoms with E-state index in [1.807, 2.05) is 18.2 Å². The number of thioether (sulfide) groups is 1. The molecule has 0 radical (unpaired) electrons. The minimum Gasteiger partial charge on any atom is -0.353 e. The molecule has 1 heterocycles. The number of hydrogen-bond acceptors (Lipinski definition) is 6. The van der Waals surface area contributed by atoms with E-state index in [9.17, 15) is 4.79 Å². The molecule has 1 fully saturated rings. The largest absolute Gasteiger partial charge is 0.353 e. The van der Waals surface area contributed by atoms with Crippen molar-refractivity contribution in [1.82, 2.24) is 15.5 Å². The maximum Gasteiger partial charge on any atom is 0.230 e. The molecule has 7 heteroatoms. The third kappa shape index (κ3) is 5.99. The van der Waals surface area contributed by atoms with Gasteiger partial charge in [0.2, 0.25) is 11.0 Å². The van der Waals surface area contributed by atoms with Crippen molar-refractivity contribution in [2.24, 2.45) is 0 Å². The van der Waals surface area contributed by atoms with Gasteiger partial charge in [0.25, 0.3) is 0 Å². The van der Waals surface area contributed by atoms with Crippen molar-refractivity contribution in [2.45, 2.75) is 62.3 Å². The van der Waals surface area contributed by atoms with Gasteiger partial charge in [-0.3, -0.25) is 4.79 Å². The number of para-hydroxylation sites is 1. The number of carbonyl (C=O) groups excluding carboxylic acids is 1. The van der Waals surface area contributed by atoms with Crippen LogP contribution >= 0.6 is 23.1 Å². The number of anilines is 2. The molecular formula is C19H26N4OS2. The van der Waals surface area contributed by atoms with Crippen molar-refractivity contribution in [3.05, 3.63) is 29.8 Å². The molecule has 0 unspecified atom stereocenters. The van der Waals surface area contributed by atoms with Crippen molar-refractivity contribution < 1.29 is 4.79 Å². The molecule has 3 rings (SSSR count). The minimum absolute atomic E-state index is 0.101. The molecular weight excluding hydrogens is 364 g/mol. The second kappa shape index (κ2) is 9.92. The van der Waals surface area contributed by atoms with Crippen LogP contribution in [-0.2, 0) is 4.79 Å². The Morgan fingerprint density at radius 1 is 1.15 bits per heavy atom. The monoisotopic (exact) mass is 390 g/mol. The van der Waals surface area contributed by atoms with Gasteiger partial charge < -0.3 is 10.6 Å².